The summed E-state index contributed by atoms with van der Waals surface area (Å²) in [5, 5.41) is 5.51. The van der Waals surface area contributed by atoms with E-state index in [9.17, 15) is 9.59 Å². The molecule has 2 aromatic carbocycles. The van der Waals surface area contributed by atoms with E-state index in [-0.39, 0.29) is 18.7 Å². The fourth-order valence-corrected chi connectivity index (χ4v) is 3.81. The van der Waals surface area contributed by atoms with Crippen LogP contribution in [0.25, 0.3) is 0 Å². The molecule has 7 nitrogen and oxygen atoms in total. The summed E-state index contributed by atoms with van der Waals surface area (Å²) in [6.07, 6.45) is 1.77. The molecule has 1 fully saturated rings. The van der Waals surface area contributed by atoms with Crippen molar-refractivity contribution in [3.8, 4) is 5.75 Å². The molecule has 4 rings (SSSR count). The Morgan fingerprint density at radius 2 is 1.90 bits per heavy atom. The van der Waals surface area contributed by atoms with Crippen molar-refractivity contribution in [3.63, 3.8) is 0 Å². The Morgan fingerprint density at radius 1 is 1.13 bits per heavy atom. The summed E-state index contributed by atoms with van der Waals surface area (Å²) in [7, 11) is 0. The zero-order valence-corrected chi connectivity index (χ0v) is 17.4. The lowest BCUT2D eigenvalue weighted by Gasteiger charge is -2.29. The number of nitrogens with one attached hydrogen (secondary N) is 2. The number of hydrogen-bond donors (Lipinski definition) is 2. The van der Waals surface area contributed by atoms with Crippen molar-refractivity contribution in [2.75, 3.05) is 13.2 Å². The van der Waals surface area contributed by atoms with Crippen LogP contribution in [0.1, 0.15) is 36.9 Å². The number of para-hydroxylation sites is 1. The summed E-state index contributed by atoms with van der Waals surface area (Å²) in [4.78, 5) is 25.2. The average molecular weight is 422 g/mol. The molecule has 2 N–H and O–H groups in total. The summed E-state index contributed by atoms with van der Waals surface area (Å²) in [6, 6.07) is 16.1. The average Bonchev–Trinajstić information content (AvgIpc) is 3.30. The largest absolute Gasteiger partial charge is 0.489 e. The molecule has 162 valence electrons. The molecule has 0 radical (unpaired) electrons. The van der Waals surface area contributed by atoms with E-state index < -0.39 is 12.0 Å². The first-order valence-electron chi connectivity index (χ1n) is 10.4. The van der Waals surface area contributed by atoms with Crippen LogP contribution in [0.2, 0.25) is 0 Å². The van der Waals surface area contributed by atoms with Gasteiger partial charge in [0.2, 0.25) is 0 Å². The summed E-state index contributed by atoms with van der Waals surface area (Å²) in [5.41, 5.74) is 2.53. The second kappa shape index (κ2) is 9.66. The minimum absolute atomic E-state index is 0.0732. The minimum atomic E-state index is -0.683. The molecule has 2 atom stereocenters. The molecule has 0 aromatic heterocycles. The van der Waals surface area contributed by atoms with Crippen LogP contribution in [0, 0.1) is 0 Å². The third-order valence-electron chi connectivity index (χ3n) is 5.38. The molecule has 0 bridgehead atoms. The molecule has 31 heavy (non-hydrogen) atoms. The highest BCUT2D eigenvalue weighted by Crippen LogP contribution is 2.34. The van der Waals surface area contributed by atoms with Crippen LogP contribution in [-0.4, -0.2) is 31.3 Å². The Hall–Kier alpha value is -3.32. The van der Waals surface area contributed by atoms with Gasteiger partial charge in [-0.05, 0) is 31.4 Å². The zero-order chi connectivity index (χ0) is 21.6. The number of ether oxygens (including phenoxy) is 3. The lowest BCUT2D eigenvalue weighted by molar-refractivity contribution is -0.142. The zero-order valence-electron chi connectivity index (χ0n) is 17.4. The van der Waals surface area contributed by atoms with E-state index >= 15 is 0 Å². The quantitative estimate of drug-likeness (QED) is 0.666. The number of carbonyl (C=O) groups excluding carboxylic acids is 2. The van der Waals surface area contributed by atoms with E-state index in [1.807, 2.05) is 54.6 Å². The van der Waals surface area contributed by atoms with Crippen LogP contribution in [0.15, 0.2) is 65.9 Å². The topological polar surface area (TPSA) is 85.9 Å². The molecular formula is C24H26N2O5. The van der Waals surface area contributed by atoms with Gasteiger partial charge in [0.1, 0.15) is 19.0 Å². The Bertz CT molecular complexity index is 967. The molecule has 0 unspecified atom stereocenters. The first kappa shape index (κ1) is 20.9. The third-order valence-corrected chi connectivity index (χ3v) is 5.38. The molecule has 2 aliphatic rings. The van der Waals surface area contributed by atoms with Gasteiger partial charge in [-0.3, -0.25) is 0 Å². The molecule has 2 aliphatic heterocycles. The van der Waals surface area contributed by atoms with E-state index in [4.69, 9.17) is 14.2 Å². The van der Waals surface area contributed by atoms with E-state index in [0.717, 1.165) is 18.4 Å². The lowest BCUT2D eigenvalue weighted by atomic mass is 9.95. The molecule has 0 spiro atoms. The Balaban J connectivity index is 1.56. The van der Waals surface area contributed by atoms with Gasteiger partial charge in [-0.2, -0.15) is 0 Å². The monoisotopic (exact) mass is 422 g/mol. The van der Waals surface area contributed by atoms with Crippen molar-refractivity contribution < 1.29 is 23.8 Å². The highest BCUT2D eigenvalue weighted by Gasteiger charge is 2.34. The van der Waals surface area contributed by atoms with E-state index in [1.165, 1.54) is 0 Å². The predicted molar refractivity (Wildman–Crippen MR) is 114 cm³/mol. The van der Waals surface area contributed by atoms with Gasteiger partial charge in [0.25, 0.3) is 0 Å². The maximum atomic E-state index is 13.0. The number of allylic oxidation sites excluding steroid dienone is 1. The lowest BCUT2D eigenvalue weighted by Crippen LogP contribution is -2.45. The molecule has 7 heteroatoms. The summed E-state index contributed by atoms with van der Waals surface area (Å²) in [6.45, 7) is 2.96. The van der Waals surface area contributed by atoms with Crippen molar-refractivity contribution in [2.45, 2.75) is 38.5 Å². The van der Waals surface area contributed by atoms with Crippen LogP contribution < -0.4 is 15.4 Å². The minimum Gasteiger partial charge on any atom is -0.489 e. The van der Waals surface area contributed by atoms with Gasteiger partial charge in [0.05, 0.1) is 17.7 Å². The molecule has 2 aromatic rings. The second-order valence-corrected chi connectivity index (χ2v) is 7.62. The van der Waals surface area contributed by atoms with Crippen LogP contribution in [-0.2, 0) is 20.9 Å². The standard InChI is InChI=1S/C24H26N2O5/c1-16-21(23(27)31-15-18-10-7-13-29-18)22(26-24(28)25-16)19-11-5-6-12-20(19)30-14-17-8-3-2-4-9-17/h2-6,8-9,11-12,18,22H,7,10,13-15H2,1H3,(H2,25,26,28)/t18-,22-/m1/s1. The van der Waals surface area contributed by atoms with Crippen molar-refractivity contribution in [1.29, 1.82) is 0 Å². The van der Waals surface area contributed by atoms with Crippen LogP contribution in [0.3, 0.4) is 0 Å². The van der Waals surface area contributed by atoms with E-state index in [0.29, 0.717) is 35.8 Å². The fourth-order valence-electron chi connectivity index (χ4n) is 3.81. The van der Waals surface area contributed by atoms with Crippen molar-refractivity contribution >= 4 is 12.0 Å². The highest BCUT2D eigenvalue weighted by atomic mass is 16.6. The summed E-state index contributed by atoms with van der Waals surface area (Å²) < 4.78 is 17.1. The molecule has 2 heterocycles. The van der Waals surface area contributed by atoms with Gasteiger partial charge < -0.3 is 24.8 Å². The maximum Gasteiger partial charge on any atom is 0.338 e. The number of hydrogen-bond acceptors (Lipinski definition) is 5. The molecule has 2 amide bonds. The number of carbonyl (C=O) groups is 2. The van der Waals surface area contributed by atoms with Gasteiger partial charge in [-0.15, -0.1) is 0 Å². The number of amides is 2. The van der Waals surface area contributed by atoms with Crippen LogP contribution in [0.5, 0.6) is 5.75 Å². The number of esters is 1. The third kappa shape index (κ3) is 5.06. The Morgan fingerprint density at radius 3 is 2.68 bits per heavy atom. The van der Waals surface area contributed by atoms with Crippen LogP contribution in [0.4, 0.5) is 4.79 Å². The van der Waals surface area contributed by atoms with E-state index in [1.54, 1.807) is 6.92 Å². The second-order valence-electron chi connectivity index (χ2n) is 7.62. The van der Waals surface area contributed by atoms with Gasteiger partial charge in [-0.1, -0.05) is 48.5 Å². The van der Waals surface area contributed by atoms with Gasteiger partial charge in [0, 0.05) is 17.9 Å². The first-order valence-corrected chi connectivity index (χ1v) is 10.4. The Labute approximate surface area is 181 Å². The van der Waals surface area contributed by atoms with Gasteiger partial charge in [-0.25, -0.2) is 9.59 Å². The van der Waals surface area contributed by atoms with Gasteiger partial charge >= 0.3 is 12.0 Å². The highest BCUT2D eigenvalue weighted by molar-refractivity contribution is 5.95. The predicted octanol–water partition coefficient (Wildman–Crippen LogP) is 3.62. The summed E-state index contributed by atoms with van der Waals surface area (Å²) >= 11 is 0. The van der Waals surface area contributed by atoms with Crippen molar-refractivity contribution in [1.82, 2.24) is 10.6 Å². The number of urea groups is 1. The SMILES string of the molecule is CC1=C(C(=O)OC[C@H]2CCCO2)[C@@H](c2ccccc2OCc2ccccc2)NC(=O)N1. The Kier molecular flexibility index (Phi) is 6.52. The van der Waals surface area contributed by atoms with Crippen LogP contribution >= 0.6 is 0 Å². The van der Waals surface area contributed by atoms with Gasteiger partial charge in [0.15, 0.2) is 0 Å². The number of rotatable bonds is 7. The smallest absolute Gasteiger partial charge is 0.338 e. The first-order chi connectivity index (χ1) is 15.1. The summed E-state index contributed by atoms with van der Waals surface area (Å²) in [5.74, 6) is 0.110. The van der Waals surface area contributed by atoms with Crippen molar-refractivity contribution in [2.24, 2.45) is 0 Å². The molecule has 0 aliphatic carbocycles. The fraction of sp³-hybridized carbons (Fsp3) is 0.333. The van der Waals surface area contributed by atoms with E-state index in [2.05, 4.69) is 10.6 Å². The molecular weight excluding hydrogens is 396 g/mol. The maximum absolute atomic E-state index is 13.0. The molecule has 0 saturated carbocycles. The normalized spacial score (nSPS) is 20.7. The van der Waals surface area contributed by atoms with Crippen molar-refractivity contribution in [3.05, 3.63) is 77.0 Å². The number of benzene rings is 2. The molecule has 1 saturated heterocycles.